The number of para-hydroxylation sites is 1. The smallest absolute Gasteiger partial charge is 0.275 e. The largest absolute Gasteiger partial charge is 0.343 e. The number of thiazole rings is 1. The number of nitrogens with one attached hydrogen (secondary N) is 2. The summed E-state index contributed by atoms with van der Waals surface area (Å²) in [7, 11) is 0. The first-order valence-electron chi connectivity index (χ1n) is 11.8. The van der Waals surface area contributed by atoms with Gasteiger partial charge in [0.15, 0.2) is 5.78 Å². The summed E-state index contributed by atoms with van der Waals surface area (Å²) in [5, 5.41) is 11.5. The fourth-order valence-corrected chi connectivity index (χ4v) is 4.75. The van der Waals surface area contributed by atoms with Gasteiger partial charge < -0.3 is 10.6 Å². The fourth-order valence-electron chi connectivity index (χ4n) is 3.73. The lowest BCUT2D eigenvalue weighted by molar-refractivity contribution is 0.0925. The zero-order valence-electron chi connectivity index (χ0n) is 20.7. The number of azide groups is 1. The molecule has 0 bridgehead atoms. The van der Waals surface area contributed by atoms with E-state index in [9.17, 15) is 14.4 Å². The van der Waals surface area contributed by atoms with Crippen molar-refractivity contribution in [2.45, 2.75) is 19.9 Å². The second kappa shape index (κ2) is 12.0. The molecule has 0 spiro atoms. The normalized spacial score (nSPS) is 11.3. The van der Waals surface area contributed by atoms with Crippen molar-refractivity contribution in [3.63, 3.8) is 0 Å². The van der Waals surface area contributed by atoms with Crippen LogP contribution in [-0.2, 0) is 0 Å². The SMILES string of the molecule is CC(C)C(NC(=O)c1ccc(N=[N+]=[N-])cc1)c1nc(C(=O)Nc2ccccc2C(=O)c2ccccc2)cs1. The molecular formula is C28H24N6O3S. The average molecular weight is 525 g/mol. The Kier molecular flexibility index (Phi) is 8.27. The fraction of sp³-hybridized carbons (Fsp3) is 0.143. The summed E-state index contributed by atoms with van der Waals surface area (Å²) in [4.78, 5) is 46.1. The first-order chi connectivity index (χ1) is 18.4. The molecule has 1 heterocycles. The Bertz CT molecular complexity index is 1510. The van der Waals surface area contributed by atoms with Gasteiger partial charge in [0.05, 0.1) is 11.7 Å². The number of anilines is 1. The zero-order valence-corrected chi connectivity index (χ0v) is 21.5. The van der Waals surface area contributed by atoms with Gasteiger partial charge in [-0.15, -0.1) is 11.3 Å². The summed E-state index contributed by atoms with van der Waals surface area (Å²) in [6, 6.07) is 21.5. The van der Waals surface area contributed by atoms with Gasteiger partial charge in [0.1, 0.15) is 10.7 Å². The van der Waals surface area contributed by atoms with E-state index in [4.69, 9.17) is 5.53 Å². The van der Waals surface area contributed by atoms with Crippen molar-refractivity contribution >= 4 is 40.3 Å². The molecule has 1 atom stereocenters. The molecule has 0 aliphatic heterocycles. The minimum absolute atomic E-state index is 0.00677. The molecule has 0 aliphatic rings. The van der Waals surface area contributed by atoms with Crippen LogP contribution in [0.1, 0.15) is 61.7 Å². The predicted molar refractivity (Wildman–Crippen MR) is 147 cm³/mol. The average Bonchev–Trinajstić information content (AvgIpc) is 3.42. The third-order valence-corrected chi connectivity index (χ3v) is 6.65. The lowest BCUT2D eigenvalue weighted by atomic mass is 10.0. The van der Waals surface area contributed by atoms with Gasteiger partial charge in [-0.1, -0.05) is 73.6 Å². The lowest BCUT2D eigenvalue weighted by Crippen LogP contribution is -2.31. The minimum Gasteiger partial charge on any atom is -0.343 e. The van der Waals surface area contributed by atoms with Crippen LogP contribution in [0.15, 0.2) is 89.4 Å². The number of amides is 2. The summed E-state index contributed by atoms with van der Waals surface area (Å²) in [5.74, 6) is -0.975. The van der Waals surface area contributed by atoms with E-state index in [1.54, 1.807) is 78.2 Å². The third-order valence-electron chi connectivity index (χ3n) is 5.72. The van der Waals surface area contributed by atoms with Crippen LogP contribution in [0, 0.1) is 5.92 Å². The van der Waals surface area contributed by atoms with Crippen molar-refractivity contribution in [1.82, 2.24) is 10.3 Å². The molecule has 4 rings (SSSR count). The summed E-state index contributed by atoms with van der Waals surface area (Å²) in [5.41, 5.74) is 10.8. The van der Waals surface area contributed by atoms with Crippen LogP contribution >= 0.6 is 11.3 Å². The van der Waals surface area contributed by atoms with E-state index >= 15 is 0 Å². The van der Waals surface area contributed by atoms with Gasteiger partial charge in [-0.25, -0.2) is 4.98 Å². The first-order valence-corrected chi connectivity index (χ1v) is 12.7. The van der Waals surface area contributed by atoms with Crippen molar-refractivity contribution in [1.29, 1.82) is 0 Å². The second-order valence-corrected chi connectivity index (χ2v) is 9.59. The van der Waals surface area contributed by atoms with E-state index in [-0.39, 0.29) is 23.3 Å². The molecule has 10 heteroatoms. The van der Waals surface area contributed by atoms with Crippen molar-refractivity contribution < 1.29 is 14.4 Å². The molecule has 3 aromatic carbocycles. The van der Waals surface area contributed by atoms with Crippen LogP contribution in [0.3, 0.4) is 0 Å². The summed E-state index contributed by atoms with van der Waals surface area (Å²) in [6.07, 6.45) is 0. The van der Waals surface area contributed by atoms with E-state index in [2.05, 4.69) is 25.6 Å². The van der Waals surface area contributed by atoms with Gasteiger partial charge in [-0.05, 0) is 35.7 Å². The van der Waals surface area contributed by atoms with Crippen molar-refractivity contribution in [3.05, 3.63) is 122 Å². The van der Waals surface area contributed by atoms with Crippen LogP contribution in [0.2, 0.25) is 0 Å². The Labute approximate surface area is 223 Å². The van der Waals surface area contributed by atoms with Crippen molar-refractivity contribution in [3.8, 4) is 0 Å². The van der Waals surface area contributed by atoms with Crippen LogP contribution in [-0.4, -0.2) is 22.6 Å². The molecule has 9 nitrogen and oxygen atoms in total. The number of ketones is 1. The molecule has 0 saturated carbocycles. The van der Waals surface area contributed by atoms with E-state index in [0.29, 0.717) is 33.1 Å². The second-order valence-electron chi connectivity index (χ2n) is 8.70. The van der Waals surface area contributed by atoms with E-state index in [1.807, 2.05) is 19.9 Å². The topological polar surface area (TPSA) is 137 Å². The molecule has 0 aliphatic carbocycles. The quantitative estimate of drug-likeness (QED) is 0.109. The Balaban J connectivity index is 1.50. The highest BCUT2D eigenvalue weighted by molar-refractivity contribution is 7.10. The molecule has 4 aromatic rings. The number of hydrogen-bond donors (Lipinski definition) is 2. The van der Waals surface area contributed by atoms with Crippen LogP contribution in [0.25, 0.3) is 10.4 Å². The van der Waals surface area contributed by atoms with E-state index in [0.717, 1.165) is 0 Å². The monoisotopic (exact) mass is 524 g/mol. The third kappa shape index (κ3) is 6.12. The Hall–Kier alpha value is -4.79. The van der Waals surface area contributed by atoms with Gasteiger partial charge in [0, 0.05) is 32.7 Å². The summed E-state index contributed by atoms with van der Waals surface area (Å²) >= 11 is 1.27. The van der Waals surface area contributed by atoms with Gasteiger partial charge in [-0.2, -0.15) is 0 Å². The molecule has 2 amide bonds. The maximum absolute atomic E-state index is 13.1. The molecule has 190 valence electrons. The minimum atomic E-state index is -0.455. The molecule has 38 heavy (non-hydrogen) atoms. The number of rotatable bonds is 9. The number of aromatic nitrogens is 1. The first kappa shape index (κ1) is 26.3. The summed E-state index contributed by atoms with van der Waals surface area (Å²) in [6.45, 7) is 3.89. The number of benzene rings is 3. The Morgan fingerprint density at radius 2 is 1.58 bits per heavy atom. The molecule has 1 unspecified atom stereocenters. The molecular weight excluding hydrogens is 500 g/mol. The number of carbonyl (C=O) groups is 3. The summed E-state index contributed by atoms with van der Waals surface area (Å²) < 4.78 is 0. The lowest BCUT2D eigenvalue weighted by Gasteiger charge is -2.20. The van der Waals surface area contributed by atoms with Gasteiger partial charge in [-0.3, -0.25) is 14.4 Å². The van der Waals surface area contributed by atoms with E-state index < -0.39 is 11.9 Å². The maximum atomic E-state index is 13.1. The van der Waals surface area contributed by atoms with Gasteiger partial charge in [0.25, 0.3) is 11.8 Å². The number of carbonyl (C=O) groups excluding carboxylic acids is 3. The molecule has 1 aromatic heterocycles. The predicted octanol–water partition coefficient (Wildman–Crippen LogP) is 6.70. The molecule has 0 radical (unpaired) electrons. The van der Waals surface area contributed by atoms with Crippen LogP contribution < -0.4 is 10.6 Å². The van der Waals surface area contributed by atoms with Crippen molar-refractivity contribution in [2.24, 2.45) is 11.0 Å². The highest BCUT2D eigenvalue weighted by Crippen LogP contribution is 2.27. The highest BCUT2D eigenvalue weighted by atomic mass is 32.1. The molecule has 0 saturated heterocycles. The standard InChI is InChI=1S/C28H24N6O3S/c1-17(2)24(32-26(36)19-12-14-20(15-13-19)33-34-29)28-31-23(16-38-28)27(37)30-22-11-7-6-10-21(22)25(35)18-8-4-3-5-9-18/h3-17,24H,1-2H3,(H,30,37)(H,32,36). The van der Waals surface area contributed by atoms with Gasteiger partial charge >= 0.3 is 0 Å². The Morgan fingerprint density at radius 1 is 0.895 bits per heavy atom. The molecule has 0 fully saturated rings. The van der Waals surface area contributed by atoms with Gasteiger partial charge in [0.2, 0.25) is 0 Å². The maximum Gasteiger partial charge on any atom is 0.275 e. The molecule has 2 N–H and O–H groups in total. The van der Waals surface area contributed by atoms with Crippen molar-refractivity contribution in [2.75, 3.05) is 5.32 Å². The van der Waals surface area contributed by atoms with Crippen LogP contribution in [0.5, 0.6) is 0 Å². The number of hydrogen-bond acceptors (Lipinski definition) is 6. The Morgan fingerprint density at radius 3 is 2.26 bits per heavy atom. The highest BCUT2D eigenvalue weighted by Gasteiger charge is 2.24. The van der Waals surface area contributed by atoms with E-state index in [1.165, 1.54) is 11.3 Å². The number of nitrogens with zero attached hydrogens (tertiary/aromatic N) is 4. The van der Waals surface area contributed by atoms with Crippen LogP contribution in [0.4, 0.5) is 11.4 Å². The zero-order chi connectivity index (χ0) is 27.1.